The van der Waals surface area contributed by atoms with Gasteiger partial charge in [-0.3, -0.25) is 14.4 Å². The number of aliphatic hydroxyl groups is 1. The number of carboxylic acid groups (broad SMARTS) is 1. The average Bonchev–Trinajstić information content (AvgIpc) is 3.21. The van der Waals surface area contributed by atoms with Gasteiger partial charge in [-0.1, -0.05) is 20.3 Å². The maximum Gasteiger partial charge on any atom is 0.326 e. The number of aromatic amines is 1. The minimum absolute atomic E-state index is 0.0121. The van der Waals surface area contributed by atoms with Crippen molar-refractivity contribution in [3.8, 4) is 0 Å². The Morgan fingerprint density at radius 1 is 1.13 bits per heavy atom. The Kier molecular flexibility index (Phi) is 9.92. The van der Waals surface area contributed by atoms with Gasteiger partial charge in [0.1, 0.15) is 18.1 Å². The number of nitrogens with zero attached hydrogens (tertiary/aromatic N) is 1. The van der Waals surface area contributed by atoms with Crippen LogP contribution in [-0.4, -0.2) is 74.6 Å². The van der Waals surface area contributed by atoms with Gasteiger partial charge in [0.05, 0.1) is 19.0 Å². The van der Waals surface area contributed by atoms with Crippen LogP contribution < -0.4 is 21.7 Å². The fourth-order valence-electron chi connectivity index (χ4n) is 2.66. The molecule has 3 amide bonds. The molecule has 0 aliphatic rings. The van der Waals surface area contributed by atoms with Crippen LogP contribution in [0.1, 0.15) is 32.9 Å². The third-order valence-corrected chi connectivity index (χ3v) is 4.66. The summed E-state index contributed by atoms with van der Waals surface area (Å²) in [5.41, 5.74) is 5.75. The number of aliphatic hydroxyl groups excluding tert-OH is 1. The second-order valence-electron chi connectivity index (χ2n) is 7.04. The van der Waals surface area contributed by atoms with Crippen molar-refractivity contribution in [3.63, 3.8) is 0 Å². The summed E-state index contributed by atoms with van der Waals surface area (Å²) in [5, 5.41) is 26.5. The topological polar surface area (TPSA) is 200 Å². The Hall–Kier alpha value is -2.99. The van der Waals surface area contributed by atoms with Crippen molar-refractivity contribution in [2.45, 2.75) is 57.8 Å². The number of amides is 3. The van der Waals surface area contributed by atoms with Gasteiger partial charge in [0.25, 0.3) is 0 Å². The number of aromatic nitrogens is 2. The molecule has 0 radical (unpaired) electrons. The van der Waals surface area contributed by atoms with E-state index in [-0.39, 0.29) is 18.9 Å². The fourth-order valence-corrected chi connectivity index (χ4v) is 2.66. The van der Waals surface area contributed by atoms with Crippen LogP contribution >= 0.6 is 0 Å². The molecule has 8 N–H and O–H groups in total. The first-order chi connectivity index (χ1) is 14.1. The molecule has 0 saturated heterocycles. The average molecular weight is 426 g/mol. The Morgan fingerprint density at radius 3 is 2.27 bits per heavy atom. The quantitative estimate of drug-likeness (QED) is 0.196. The minimum atomic E-state index is -1.34. The van der Waals surface area contributed by atoms with Crippen LogP contribution in [0.4, 0.5) is 0 Å². The molecule has 0 saturated carbocycles. The first-order valence-electron chi connectivity index (χ1n) is 9.58. The number of hydrogen-bond acceptors (Lipinski definition) is 7. The van der Waals surface area contributed by atoms with Gasteiger partial charge < -0.3 is 36.9 Å². The standard InChI is InChI=1S/C18H30N6O6/c1-4-9(2)14(18(29)30)24-16(27)12(5-11-7-20-8-21-11)22-17(28)15(10(3)25)23-13(26)6-19/h7-10,12,14-15,25H,4-6,19H2,1-3H3,(H,20,21)(H,22,28)(H,23,26)(H,24,27)(H,29,30). The highest BCUT2D eigenvalue weighted by atomic mass is 16.4. The molecule has 1 rings (SSSR count). The highest BCUT2D eigenvalue weighted by Gasteiger charge is 2.33. The predicted molar refractivity (Wildman–Crippen MR) is 106 cm³/mol. The highest BCUT2D eigenvalue weighted by Crippen LogP contribution is 2.09. The van der Waals surface area contributed by atoms with Gasteiger partial charge >= 0.3 is 5.97 Å². The van der Waals surface area contributed by atoms with Crippen molar-refractivity contribution in [2.75, 3.05) is 6.54 Å². The molecule has 0 aliphatic carbocycles. The van der Waals surface area contributed by atoms with Crippen molar-refractivity contribution in [1.29, 1.82) is 0 Å². The molecule has 1 aromatic rings. The zero-order valence-electron chi connectivity index (χ0n) is 17.2. The van der Waals surface area contributed by atoms with E-state index in [4.69, 9.17) is 5.73 Å². The molecule has 5 atom stereocenters. The van der Waals surface area contributed by atoms with Crippen LogP contribution in [-0.2, 0) is 25.6 Å². The second-order valence-corrected chi connectivity index (χ2v) is 7.04. The summed E-state index contributed by atoms with van der Waals surface area (Å²) in [5.74, 6) is -3.74. The minimum Gasteiger partial charge on any atom is -0.480 e. The van der Waals surface area contributed by atoms with Crippen LogP contribution in [0.5, 0.6) is 0 Å². The molecule has 168 valence electrons. The lowest BCUT2D eigenvalue weighted by Crippen LogP contribution is -2.59. The highest BCUT2D eigenvalue weighted by molar-refractivity contribution is 5.94. The molecule has 12 heteroatoms. The number of nitrogens with two attached hydrogens (primary N) is 1. The van der Waals surface area contributed by atoms with Crippen LogP contribution in [0, 0.1) is 5.92 Å². The van der Waals surface area contributed by atoms with Crippen LogP contribution in [0.15, 0.2) is 12.5 Å². The first-order valence-corrected chi connectivity index (χ1v) is 9.58. The third-order valence-electron chi connectivity index (χ3n) is 4.66. The first kappa shape index (κ1) is 25.0. The Balaban J connectivity index is 3.04. The number of carboxylic acids is 1. The zero-order valence-corrected chi connectivity index (χ0v) is 17.2. The molecule has 30 heavy (non-hydrogen) atoms. The van der Waals surface area contributed by atoms with Gasteiger partial charge in [-0.2, -0.15) is 0 Å². The molecular formula is C18H30N6O6. The van der Waals surface area contributed by atoms with Crippen LogP contribution in [0.3, 0.4) is 0 Å². The predicted octanol–water partition coefficient (Wildman–Crippen LogP) is -2.12. The molecule has 0 fully saturated rings. The molecule has 0 aromatic carbocycles. The normalized spacial score (nSPS) is 15.9. The maximum absolute atomic E-state index is 12.8. The van der Waals surface area contributed by atoms with Crippen LogP contribution in [0.2, 0.25) is 0 Å². The van der Waals surface area contributed by atoms with E-state index in [0.717, 1.165) is 0 Å². The van der Waals surface area contributed by atoms with E-state index >= 15 is 0 Å². The van der Waals surface area contributed by atoms with E-state index in [9.17, 15) is 29.4 Å². The molecule has 12 nitrogen and oxygen atoms in total. The summed E-state index contributed by atoms with van der Waals surface area (Å²) in [4.78, 5) is 55.2. The SMILES string of the molecule is CCC(C)C(NC(=O)C(Cc1cnc[nH]1)NC(=O)C(NC(=O)CN)C(C)O)C(=O)O. The van der Waals surface area contributed by atoms with E-state index < -0.39 is 47.9 Å². The number of imidazole rings is 1. The number of aliphatic carboxylic acids is 1. The van der Waals surface area contributed by atoms with Gasteiger partial charge in [0.15, 0.2) is 0 Å². The second kappa shape index (κ2) is 11.9. The lowest BCUT2D eigenvalue weighted by atomic mass is 9.98. The Bertz CT molecular complexity index is 723. The summed E-state index contributed by atoms with van der Waals surface area (Å²) >= 11 is 0. The summed E-state index contributed by atoms with van der Waals surface area (Å²) in [6.45, 7) is 4.40. The smallest absolute Gasteiger partial charge is 0.326 e. The van der Waals surface area contributed by atoms with Crippen LogP contribution in [0.25, 0.3) is 0 Å². The number of hydrogen-bond donors (Lipinski definition) is 7. The van der Waals surface area contributed by atoms with Crippen molar-refractivity contribution in [2.24, 2.45) is 11.7 Å². The number of nitrogens with one attached hydrogen (secondary N) is 4. The number of H-pyrrole nitrogens is 1. The lowest BCUT2D eigenvalue weighted by Gasteiger charge is -2.26. The van der Waals surface area contributed by atoms with Gasteiger partial charge in [-0.05, 0) is 12.8 Å². The lowest BCUT2D eigenvalue weighted by molar-refractivity contribution is -0.144. The molecule has 0 aliphatic heterocycles. The Labute approximate surface area is 174 Å². The summed E-state index contributed by atoms with van der Waals surface area (Å²) < 4.78 is 0. The van der Waals surface area contributed by atoms with Gasteiger partial charge in [0, 0.05) is 18.3 Å². The summed E-state index contributed by atoms with van der Waals surface area (Å²) in [6, 6.07) is -3.67. The third kappa shape index (κ3) is 7.44. The molecule has 5 unspecified atom stereocenters. The van der Waals surface area contributed by atoms with Crippen molar-refractivity contribution < 1.29 is 29.4 Å². The largest absolute Gasteiger partial charge is 0.480 e. The number of rotatable bonds is 12. The van der Waals surface area contributed by atoms with Crippen molar-refractivity contribution >= 4 is 23.7 Å². The fraction of sp³-hybridized carbons (Fsp3) is 0.611. The number of carbonyl (C=O) groups is 4. The van der Waals surface area contributed by atoms with Crippen molar-refractivity contribution in [1.82, 2.24) is 25.9 Å². The molecular weight excluding hydrogens is 396 g/mol. The van der Waals surface area contributed by atoms with Gasteiger partial charge in [-0.25, -0.2) is 9.78 Å². The zero-order chi connectivity index (χ0) is 22.8. The van der Waals surface area contributed by atoms with E-state index in [2.05, 4.69) is 25.9 Å². The molecule has 1 heterocycles. The van der Waals surface area contributed by atoms with Gasteiger partial charge in [0.2, 0.25) is 17.7 Å². The molecule has 0 bridgehead atoms. The molecule has 1 aromatic heterocycles. The van der Waals surface area contributed by atoms with E-state index in [1.807, 2.05) is 0 Å². The molecule has 0 spiro atoms. The van der Waals surface area contributed by atoms with E-state index in [1.165, 1.54) is 19.4 Å². The van der Waals surface area contributed by atoms with Gasteiger partial charge in [-0.15, -0.1) is 0 Å². The van der Waals surface area contributed by atoms with E-state index in [0.29, 0.717) is 12.1 Å². The maximum atomic E-state index is 12.8. The summed E-state index contributed by atoms with van der Waals surface area (Å²) in [6.07, 6.45) is 2.10. The number of carbonyl (C=O) groups excluding carboxylic acids is 3. The summed E-state index contributed by atoms with van der Waals surface area (Å²) in [7, 11) is 0. The van der Waals surface area contributed by atoms with Crippen molar-refractivity contribution in [3.05, 3.63) is 18.2 Å². The monoisotopic (exact) mass is 426 g/mol. The van der Waals surface area contributed by atoms with E-state index in [1.54, 1.807) is 13.8 Å². The Morgan fingerprint density at radius 2 is 1.80 bits per heavy atom.